The summed E-state index contributed by atoms with van der Waals surface area (Å²) in [5.41, 5.74) is 2.07. The topological polar surface area (TPSA) is 12.4 Å². The lowest BCUT2D eigenvalue weighted by Gasteiger charge is -2.39. The predicted molar refractivity (Wildman–Crippen MR) is 81.0 cm³/mol. The molecule has 3 atom stereocenters. The molecule has 1 spiro atoms. The van der Waals surface area contributed by atoms with E-state index in [2.05, 4.69) is 43.9 Å². The van der Waals surface area contributed by atoms with Gasteiger partial charge in [0.05, 0.1) is 10.7 Å². The van der Waals surface area contributed by atoms with Gasteiger partial charge in [-0.05, 0) is 68.5 Å². The van der Waals surface area contributed by atoms with Crippen molar-refractivity contribution >= 4 is 17.4 Å². The van der Waals surface area contributed by atoms with Crippen LogP contribution in [-0.4, -0.2) is 10.7 Å². The summed E-state index contributed by atoms with van der Waals surface area (Å²) in [7, 11) is 0. The monoisotopic (exact) mass is 263 g/mol. The smallest absolute Gasteiger partial charge is 0.0691 e. The second kappa shape index (κ2) is 4.90. The van der Waals surface area contributed by atoms with Crippen molar-refractivity contribution in [2.75, 3.05) is 0 Å². The minimum atomic E-state index is 0.0337. The lowest BCUT2D eigenvalue weighted by Crippen LogP contribution is -2.31. The third-order valence-electron chi connectivity index (χ3n) is 5.22. The van der Waals surface area contributed by atoms with Crippen molar-refractivity contribution < 1.29 is 0 Å². The number of aliphatic imine (C=N–C) groups is 1. The quantitative estimate of drug-likeness (QED) is 0.386. The summed E-state index contributed by atoms with van der Waals surface area (Å²) in [5.74, 6) is 1.47. The third kappa shape index (κ3) is 2.46. The van der Waals surface area contributed by atoms with Crippen molar-refractivity contribution in [3.05, 3.63) is 11.6 Å². The molecule has 0 N–H and O–H groups in total. The number of hydrogen-bond donors (Lipinski definition) is 0. The van der Waals surface area contributed by atoms with Gasteiger partial charge in [0, 0.05) is 0 Å². The molecule has 100 valence electrons. The van der Waals surface area contributed by atoms with E-state index in [-0.39, 0.29) is 5.54 Å². The largest absolute Gasteiger partial charge is 0.226 e. The maximum atomic E-state index is 4.81. The van der Waals surface area contributed by atoms with Gasteiger partial charge in [-0.15, -0.1) is 0 Å². The van der Waals surface area contributed by atoms with Crippen LogP contribution in [0.3, 0.4) is 0 Å². The number of allylic oxidation sites excluding steroid dienone is 2. The minimum Gasteiger partial charge on any atom is -0.226 e. The van der Waals surface area contributed by atoms with E-state index in [1.807, 2.05) is 0 Å². The lowest BCUT2D eigenvalue weighted by molar-refractivity contribution is 0.209. The second-order valence-corrected chi connectivity index (χ2v) is 7.11. The Morgan fingerprint density at radius 3 is 2.78 bits per heavy atom. The Morgan fingerprint density at radius 1 is 1.44 bits per heavy atom. The van der Waals surface area contributed by atoms with Crippen LogP contribution in [0.5, 0.6) is 0 Å². The second-order valence-electron chi connectivity index (χ2n) is 6.92. The molecule has 0 bridgehead atoms. The molecule has 0 aromatic heterocycles. The standard InChI is InChI=1S/C16H25NS/c1-12(2)14-6-5-13(3)16(9-14)8-7-15(4,10-16)17-11-18/h9,12-13H,5-8,10H2,1-4H3/t13-,15-,16-/m0/s1. The van der Waals surface area contributed by atoms with Crippen molar-refractivity contribution in [1.82, 2.24) is 0 Å². The molecule has 2 heteroatoms. The molecule has 0 unspecified atom stereocenters. The van der Waals surface area contributed by atoms with Crippen LogP contribution in [0.1, 0.15) is 59.8 Å². The predicted octanol–water partition coefficient (Wildman–Crippen LogP) is 5.03. The highest BCUT2D eigenvalue weighted by Crippen LogP contribution is 2.55. The summed E-state index contributed by atoms with van der Waals surface area (Å²) in [6, 6.07) is 0. The highest BCUT2D eigenvalue weighted by molar-refractivity contribution is 7.78. The number of rotatable bonds is 2. The average Bonchev–Trinajstić information content (AvgIpc) is 2.62. The van der Waals surface area contributed by atoms with Gasteiger partial charge in [0.25, 0.3) is 0 Å². The average molecular weight is 263 g/mol. The lowest BCUT2D eigenvalue weighted by atomic mass is 9.66. The number of thiocarbonyl (C=S) groups is 1. The number of isothiocyanates is 1. The van der Waals surface area contributed by atoms with Gasteiger partial charge in [-0.3, -0.25) is 0 Å². The van der Waals surface area contributed by atoms with E-state index < -0.39 is 0 Å². The van der Waals surface area contributed by atoms with E-state index in [0.717, 1.165) is 18.8 Å². The van der Waals surface area contributed by atoms with Crippen LogP contribution in [-0.2, 0) is 0 Å². The zero-order valence-corrected chi connectivity index (χ0v) is 12.9. The van der Waals surface area contributed by atoms with Crippen LogP contribution >= 0.6 is 12.2 Å². The van der Waals surface area contributed by atoms with Crippen molar-refractivity contribution in [1.29, 1.82) is 0 Å². The van der Waals surface area contributed by atoms with Gasteiger partial charge in [0.1, 0.15) is 0 Å². The zero-order chi connectivity index (χ0) is 13.4. The molecule has 1 saturated carbocycles. The molecule has 1 nitrogen and oxygen atoms in total. The van der Waals surface area contributed by atoms with E-state index in [0.29, 0.717) is 11.3 Å². The maximum Gasteiger partial charge on any atom is 0.0691 e. The van der Waals surface area contributed by atoms with Crippen molar-refractivity contribution in [2.45, 2.75) is 65.3 Å². The van der Waals surface area contributed by atoms with E-state index >= 15 is 0 Å². The van der Waals surface area contributed by atoms with E-state index in [1.165, 1.54) is 19.3 Å². The highest BCUT2D eigenvalue weighted by atomic mass is 32.1. The molecule has 18 heavy (non-hydrogen) atoms. The van der Waals surface area contributed by atoms with E-state index in [4.69, 9.17) is 12.2 Å². The van der Waals surface area contributed by atoms with Gasteiger partial charge in [0.15, 0.2) is 0 Å². The number of nitrogens with zero attached hydrogens (tertiary/aromatic N) is 1. The summed E-state index contributed by atoms with van der Waals surface area (Å²) in [6.45, 7) is 9.30. The summed E-state index contributed by atoms with van der Waals surface area (Å²) >= 11 is 4.81. The Bertz CT molecular complexity index is 405. The van der Waals surface area contributed by atoms with E-state index in [9.17, 15) is 0 Å². The van der Waals surface area contributed by atoms with Crippen LogP contribution in [0.15, 0.2) is 16.6 Å². The Morgan fingerprint density at radius 2 is 2.17 bits per heavy atom. The molecule has 0 aliphatic heterocycles. The Kier molecular flexibility index (Phi) is 3.80. The molecule has 0 saturated heterocycles. The molecule has 0 radical (unpaired) electrons. The summed E-state index contributed by atoms with van der Waals surface area (Å²) in [4.78, 5) is 4.45. The molecule has 2 rings (SSSR count). The fourth-order valence-corrected chi connectivity index (χ4v) is 4.07. The highest BCUT2D eigenvalue weighted by Gasteiger charge is 2.48. The van der Waals surface area contributed by atoms with Crippen LogP contribution in [0.2, 0.25) is 0 Å². The first kappa shape index (κ1) is 14.0. The van der Waals surface area contributed by atoms with Gasteiger partial charge in [-0.2, -0.15) is 0 Å². The van der Waals surface area contributed by atoms with E-state index in [1.54, 1.807) is 5.57 Å². The molecule has 0 aromatic carbocycles. The van der Waals surface area contributed by atoms with Gasteiger partial charge < -0.3 is 0 Å². The van der Waals surface area contributed by atoms with Crippen LogP contribution in [0.4, 0.5) is 0 Å². The first-order chi connectivity index (χ1) is 8.41. The fraction of sp³-hybridized carbons (Fsp3) is 0.812. The van der Waals surface area contributed by atoms with Gasteiger partial charge in [-0.1, -0.05) is 32.4 Å². The van der Waals surface area contributed by atoms with Gasteiger partial charge in [-0.25, -0.2) is 4.99 Å². The first-order valence-corrected chi connectivity index (χ1v) is 7.62. The minimum absolute atomic E-state index is 0.0337. The third-order valence-corrected chi connectivity index (χ3v) is 5.31. The van der Waals surface area contributed by atoms with Crippen LogP contribution in [0, 0.1) is 17.3 Å². The fourth-order valence-electron chi connectivity index (χ4n) is 3.85. The summed E-state index contributed by atoms with van der Waals surface area (Å²) in [5, 5.41) is 2.61. The molecular weight excluding hydrogens is 238 g/mol. The van der Waals surface area contributed by atoms with Gasteiger partial charge in [0.2, 0.25) is 0 Å². The Balaban J connectivity index is 2.30. The summed E-state index contributed by atoms with van der Waals surface area (Å²) < 4.78 is 0. The number of hydrogen-bond acceptors (Lipinski definition) is 2. The molecule has 2 aliphatic rings. The zero-order valence-electron chi connectivity index (χ0n) is 12.1. The molecular formula is C16H25NS. The Labute approximate surface area is 117 Å². The normalized spacial score (nSPS) is 39.8. The van der Waals surface area contributed by atoms with Crippen molar-refractivity contribution in [3.8, 4) is 0 Å². The molecule has 2 aliphatic carbocycles. The van der Waals surface area contributed by atoms with Crippen molar-refractivity contribution in [3.63, 3.8) is 0 Å². The van der Waals surface area contributed by atoms with Gasteiger partial charge >= 0.3 is 0 Å². The summed E-state index contributed by atoms with van der Waals surface area (Å²) in [6.07, 6.45) is 8.80. The van der Waals surface area contributed by atoms with Crippen molar-refractivity contribution in [2.24, 2.45) is 22.2 Å². The molecule has 0 amide bonds. The molecule has 1 fully saturated rings. The molecule has 0 aromatic rings. The first-order valence-electron chi connectivity index (χ1n) is 7.21. The van der Waals surface area contributed by atoms with Crippen LogP contribution in [0.25, 0.3) is 0 Å². The maximum absolute atomic E-state index is 4.81. The van der Waals surface area contributed by atoms with Crippen LogP contribution < -0.4 is 0 Å². The SMILES string of the molecule is CC(C)C1=C[C@]2(CC[C@](C)(N=C=S)C2)[C@@H](C)CC1. The molecule has 0 heterocycles. The Hall–Kier alpha value is -0.460.